The van der Waals surface area contributed by atoms with Gasteiger partial charge in [0.15, 0.2) is 0 Å². The number of nitrogens with two attached hydrogens (primary N) is 1. The Morgan fingerprint density at radius 1 is 1.29 bits per heavy atom. The van der Waals surface area contributed by atoms with Crippen LogP contribution in [-0.4, -0.2) is 27.4 Å². The average Bonchev–Trinajstić information content (AvgIpc) is 2.53. The summed E-state index contributed by atoms with van der Waals surface area (Å²) in [6.45, 7) is 8.68. The molecule has 2 N–H and O–H groups in total. The maximum atomic E-state index is 13.6. The van der Waals surface area contributed by atoms with Gasteiger partial charge in [0.05, 0.1) is 0 Å². The molecule has 1 rings (SSSR count). The summed E-state index contributed by atoms with van der Waals surface area (Å²) in [5.74, 6) is -0.256. The number of primary amides is 1. The quantitative estimate of drug-likeness (QED) is 0.568. The average molecular weight is 375 g/mol. The van der Waals surface area contributed by atoms with Crippen molar-refractivity contribution in [2.75, 3.05) is 0 Å². The lowest BCUT2D eigenvalue weighted by molar-refractivity contribution is 0.168. The number of thiocarbonyl (C=S) groups is 1. The van der Waals surface area contributed by atoms with E-state index in [4.69, 9.17) is 21.7 Å². The summed E-state index contributed by atoms with van der Waals surface area (Å²) in [4.78, 5) is 11.2. The van der Waals surface area contributed by atoms with Gasteiger partial charge in [0.25, 0.3) is 10.4 Å². The molecule has 0 saturated heterocycles. The van der Waals surface area contributed by atoms with Crippen molar-refractivity contribution in [3.05, 3.63) is 35.6 Å². The number of benzene rings is 1. The van der Waals surface area contributed by atoms with Crippen LogP contribution >= 0.6 is 24.8 Å². The normalized spacial score (nSPS) is 12.4. The predicted molar refractivity (Wildman–Crippen MR) is 104 cm³/mol. The number of carbonyl (C=O) groups is 1. The fraction of sp³-hybridized carbons (Fsp3) is 0.529. The van der Waals surface area contributed by atoms with E-state index in [0.29, 0.717) is 22.8 Å². The molecule has 0 bridgehead atoms. The van der Waals surface area contributed by atoms with Gasteiger partial charge in [-0.2, -0.15) is 0 Å². The van der Waals surface area contributed by atoms with Crippen LogP contribution in [0.25, 0.3) is 0 Å². The van der Waals surface area contributed by atoms with Crippen LogP contribution in [0.5, 0.6) is 0 Å². The molecular weight excluding hydrogens is 347 g/mol. The fourth-order valence-corrected chi connectivity index (χ4v) is 2.44. The Bertz CT molecular complexity index is 515. The summed E-state index contributed by atoms with van der Waals surface area (Å²) >= 11 is 8.49. The molecule has 0 aliphatic rings. The smallest absolute Gasteiger partial charge is 0.273 e. The van der Waals surface area contributed by atoms with Gasteiger partial charge in [0.2, 0.25) is 0 Å². The Balaban J connectivity index is 0.00000118. The molecule has 2 atom stereocenters. The lowest BCUT2D eigenvalue weighted by atomic mass is 10.1. The van der Waals surface area contributed by atoms with E-state index in [1.54, 1.807) is 18.2 Å². The van der Waals surface area contributed by atoms with Crippen molar-refractivity contribution in [2.24, 2.45) is 5.73 Å². The number of thiol groups is 1. The van der Waals surface area contributed by atoms with Crippen LogP contribution in [0.3, 0.4) is 0 Å². The molecule has 0 radical (unpaired) electrons. The first-order valence-electron chi connectivity index (χ1n) is 7.91. The minimum Gasteiger partial charge on any atom is -0.466 e. The largest absolute Gasteiger partial charge is 0.466 e. The highest BCUT2D eigenvalue weighted by atomic mass is 32.1. The predicted octanol–water partition coefficient (Wildman–Crippen LogP) is 4.52. The Hall–Kier alpha value is -1.34. The van der Waals surface area contributed by atoms with Crippen LogP contribution in [0.4, 0.5) is 9.18 Å². The number of ether oxygens (including phenoxy) is 1. The summed E-state index contributed by atoms with van der Waals surface area (Å²) < 4.78 is 19.2. The molecule has 2 unspecified atom stereocenters. The van der Waals surface area contributed by atoms with Crippen molar-refractivity contribution in [1.29, 1.82) is 0 Å². The molecule has 24 heavy (non-hydrogen) atoms. The second-order valence-corrected chi connectivity index (χ2v) is 6.20. The number of halogens is 1. The minimum atomic E-state index is -0.639. The number of hydrogen-bond donors (Lipinski definition) is 2. The van der Waals surface area contributed by atoms with Crippen LogP contribution in [0.2, 0.25) is 0 Å². The van der Waals surface area contributed by atoms with Gasteiger partial charge in [-0.05, 0) is 45.0 Å². The molecule has 0 saturated carbocycles. The van der Waals surface area contributed by atoms with Crippen molar-refractivity contribution in [3.63, 3.8) is 0 Å². The summed E-state index contributed by atoms with van der Waals surface area (Å²) in [5, 5.41) is -0.183. The highest BCUT2D eigenvalue weighted by Crippen LogP contribution is 2.15. The Morgan fingerprint density at radius 3 is 2.17 bits per heavy atom. The summed E-state index contributed by atoms with van der Waals surface area (Å²) in [6.07, 6.45) is 1.99. The van der Waals surface area contributed by atoms with Gasteiger partial charge in [-0.1, -0.05) is 44.7 Å². The van der Waals surface area contributed by atoms with Gasteiger partial charge in [0, 0.05) is 17.6 Å². The fourth-order valence-electron chi connectivity index (χ4n) is 2.02. The van der Waals surface area contributed by atoms with E-state index in [9.17, 15) is 4.39 Å². The molecule has 7 heteroatoms. The molecule has 0 aliphatic carbocycles. The second kappa shape index (κ2) is 12.1. The first-order valence-corrected chi connectivity index (χ1v) is 8.76. The van der Waals surface area contributed by atoms with E-state index in [0.717, 1.165) is 12.8 Å². The molecule has 0 spiro atoms. The molecular formula is C17H27FN2O2S2. The third kappa shape index (κ3) is 8.49. The second-order valence-electron chi connectivity index (χ2n) is 5.41. The zero-order valence-corrected chi connectivity index (χ0v) is 16.4. The zero-order chi connectivity index (χ0) is 18.7. The van der Waals surface area contributed by atoms with Crippen LogP contribution < -0.4 is 5.73 Å². The lowest BCUT2D eigenvalue weighted by Gasteiger charge is -2.35. The van der Waals surface area contributed by atoms with Crippen LogP contribution in [0.1, 0.15) is 46.1 Å². The van der Waals surface area contributed by atoms with Crippen molar-refractivity contribution in [1.82, 2.24) is 4.90 Å². The minimum absolute atomic E-state index is 0.175. The molecule has 0 aliphatic heterocycles. The van der Waals surface area contributed by atoms with Crippen LogP contribution in [0, 0.1) is 5.82 Å². The summed E-state index contributed by atoms with van der Waals surface area (Å²) in [5.41, 5.74) is 4.87. The maximum absolute atomic E-state index is 13.6. The van der Waals surface area contributed by atoms with E-state index in [-0.39, 0.29) is 12.4 Å². The number of carbonyl (C=O) groups excluding carboxylic acids is 1. The van der Waals surface area contributed by atoms with Gasteiger partial charge in [-0.25, -0.2) is 4.39 Å². The third-order valence-electron chi connectivity index (χ3n) is 3.65. The Morgan fingerprint density at radius 2 is 1.75 bits per heavy atom. The number of rotatable bonds is 6. The molecule has 0 aromatic heterocycles. The van der Waals surface area contributed by atoms with Gasteiger partial charge in [0.1, 0.15) is 12.4 Å². The first-order chi connectivity index (χ1) is 11.2. The van der Waals surface area contributed by atoms with E-state index < -0.39 is 5.24 Å². The zero-order valence-electron chi connectivity index (χ0n) is 14.7. The number of hydrogen-bond acceptors (Lipinski definition) is 3. The van der Waals surface area contributed by atoms with Crippen molar-refractivity contribution < 1.29 is 13.9 Å². The van der Waals surface area contributed by atoms with Gasteiger partial charge < -0.3 is 15.4 Å². The van der Waals surface area contributed by atoms with E-state index in [1.807, 2.05) is 0 Å². The molecule has 1 amide bonds. The third-order valence-corrected chi connectivity index (χ3v) is 3.98. The van der Waals surface area contributed by atoms with Gasteiger partial charge >= 0.3 is 0 Å². The highest BCUT2D eigenvalue weighted by molar-refractivity contribution is 7.96. The number of nitrogens with zero attached hydrogens (tertiary/aromatic N) is 1. The highest BCUT2D eigenvalue weighted by Gasteiger charge is 2.22. The molecule has 1 aromatic carbocycles. The maximum Gasteiger partial charge on any atom is 0.273 e. The molecule has 0 heterocycles. The van der Waals surface area contributed by atoms with E-state index in [2.05, 4.69) is 51.0 Å². The first kappa shape index (κ1) is 22.7. The summed E-state index contributed by atoms with van der Waals surface area (Å²) in [6, 6.07) is 7.25. The lowest BCUT2D eigenvalue weighted by Crippen LogP contribution is -2.44. The Kier molecular flexibility index (Phi) is 11.4. The Labute approximate surface area is 155 Å². The number of amides is 1. The molecule has 136 valence electrons. The topological polar surface area (TPSA) is 55.6 Å². The molecule has 1 aromatic rings. The molecule has 0 fully saturated rings. The van der Waals surface area contributed by atoms with Crippen molar-refractivity contribution >= 4 is 35.3 Å². The van der Waals surface area contributed by atoms with Crippen molar-refractivity contribution in [2.45, 2.75) is 59.2 Å². The van der Waals surface area contributed by atoms with E-state index >= 15 is 0 Å². The van der Waals surface area contributed by atoms with Crippen LogP contribution in [-0.2, 0) is 11.3 Å². The van der Waals surface area contributed by atoms with Gasteiger partial charge in [-0.3, -0.25) is 4.79 Å². The van der Waals surface area contributed by atoms with Crippen LogP contribution in [0.15, 0.2) is 24.3 Å². The SMILES string of the molecule is CCC(C)N(C(=S)OCc1ccccc1F)C(C)CC.NC(=O)S. The molecule has 4 nitrogen and oxygen atoms in total. The van der Waals surface area contributed by atoms with Crippen molar-refractivity contribution in [3.8, 4) is 0 Å². The van der Waals surface area contributed by atoms with E-state index in [1.165, 1.54) is 6.07 Å². The summed E-state index contributed by atoms with van der Waals surface area (Å²) in [7, 11) is 0. The monoisotopic (exact) mass is 374 g/mol. The van der Waals surface area contributed by atoms with Gasteiger partial charge in [-0.15, -0.1) is 0 Å². The standard InChI is InChI=1S/C16H24FNOS.CH3NOS/c1-5-12(3)18(13(4)6-2)16(20)19-11-14-9-7-8-10-15(14)17;2-1(3)4/h7-10,12-13H,5-6,11H2,1-4H3;(H3,2,3,4).